The molecule has 0 radical (unpaired) electrons. The highest BCUT2D eigenvalue weighted by molar-refractivity contribution is 6.31. The van der Waals surface area contributed by atoms with E-state index in [4.69, 9.17) is 16.3 Å². The van der Waals surface area contributed by atoms with E-state index in [2.05, 4.69) is 10.2 Å². The Balaban J connectivity index is 1.90. The van der Waals surface area contributed by atoms with Gasteiger partial charge in [-0.15, -0.1) is 0 Å². The molecule has 1 N–H and O–H groups in total. The summed E-state index contributed by atoms with van der Waals surface area (Å²) in [6, 6.07) is 15.8. The SMILES string of the molecule is CN(C)CCOc1cccc(NCc2ccccc2Cl)c1. The molecule has 0 aliphatic carbocycles. The largest absolute Gasteiger partial charge is 0.492 e. The summed E-state index contributed by atoms with van der Waals surface area (Å²) in [5.74, 6) is 0.876. The Bertz CT molecular complexity index is 572. The van der Waals surface area contributed by atoms with Crippen LogP contribution in [0.3, 0.4) is 0 Å². The average molecular weight is 305 g/mol. The number of hydrogen-bond acceptors (Lipinski definition) is 3. The number of likely N-dealkylation sites (N-methyl/N-ethyl adjacent to an activating group) is 1. The standard InChI is InChI=1S/C17H21ClN2O/c1-20(2)10-11-21-16-8-5-7-15(12-16)19-13-14-6-3-4-9-17(14)18/h3-9,12,19H,10-11,13H2,1-2H3. The fraction of sp³-hybridized carbons (Fsp3) is 0.294. The van der Waals surface area contributed by atoms with E-state index in [1.807, 2.05) is 62.6 Å². The first-order valence-corrected chi connectivity index (χ1v) is 7.38. The Labute approximate surface area is 131 Å². The van der Waals surface area contributed by atoms with Crippen molar-refractivity contribution in [3.05, 3.63) is 59.1 Å². The first-order chi connectivity index (χ1) is 10.1. The average Bonchev–Trinajstić information content (AvgIpc) is 2.46. The number of nitrogens with zero attached hydrogens (tertiary/aromatic N) is 1. The second kappa shape index (κ2) is 7.91. The Morgan fingerprint density at radius 3 is 2.67 bits per heavy atom. The molecule has 0 unspecified atom stereocenters. The predicted octanol–water partition coefficient (Wildman–Crippen LogP) is 3.89. The molecule has 0 atom stereocenters. The highest BCUT2D eigenvalue weighted by Crippen LogP contribution is 2.20. The second-order valence-corrected chi connectivity index (χ2v) is 5.53. The van der Waals surface area contributed by atoms with E-state index in [0.717, 1.165) is 28.6 Å². The molecule has 3 nitrogen and oxygen atoms in total. The van der Waals surface area contributed by atoms with Crippen LogP contribution >= 0.6 is 11.6 Å². The summed E-state index contributed by atoms with van der Waals surface area (Å²) in [4.78, 5) is 2.10. The Hall–Kier alpha value is -1.71. The van der Waals surface area contributed by atoms with Gasteiger partial charge < -0.3 is 15.0 Å². The highest BCUT2D eigenvalue weighted by Gasteiger charge is 2.00. The summed E-state index contributed by atoms with van der Waals surface area (Å²) >= 11 is 6.15. The van der Waals surface area contributed by atoms with Gasteiger partial charge in [0.05, 0.1) is 0 Å². The minimum Gasteiger partial charge on any atom is -0.492 e. The van der Waals surface area contributed by atoms with Crippen LogP contribution in [0.15, 0.2) is 48.5 Å². The van der Waals surface area contributed by atoms with Crippen LogP contribution < -0.4 is 10.1 Å². The van der Waals surface area contributed by atoms with Crippen molar-refractivity contribution >= 4 is 17.3 Å². The van der Waals surface area contributed by atoms with Crippen LogP contribution in [-0.2, 0) is 6.54 Å². The zero-order valence-corrected chi connectivity index (χ0v) is 13.2. The number of halogens is 1. The Morgan fingerprint density at radius 2 is 1.90 bits per heavy atom. The van der Waals surface area contributed by atoms with Gasteiger partial charge in [0.25, 0.3) is 0 Å². The Morgan fingerprint density at radius 1 is 1.10 bits per heavy atom. The smallest absolute Gasteiger partial charge is 0.121 e. The molecule has 0 saturated heterocycles. The van der Waals surface area contributed by atoms with Gasteiger partial charge in [0.1, 0.15) is 12.4 Å². The summed E-state index contributed by atoms with van der Waals surface area (Å²) in [5.41, 5.74) is 2.11. The number of hydrogen-bond donors (Lipinski definition) is 1. The zero-order valence-electron chi connectivity index (χ0n) is 12.5. The third-order valence-electron chi connectivity index (χ3n) is 3.08. The van der Waals surface area contributed by atoms with Gasteiger partial charge in [-0.25, -0.2) is 0 Å². The molecular formula is C17H21ClN2O. The normalized spacial score (nSPS) is 10.7. The van der Waals surface area contributed by atoms with Crippen molar-refractivity contribution < 1.29 is 4.74 Å². The molecule has 0 spiro atoms. The minimum absolute atomic E-state index is 0.682. The van der Waals surface area contributed by atoms with E-state index >= 15 is 0 Å². The monoisotopic (exact) mass is 304 g/mol. The fourth-order valence-corrected chi connectivity index (χ4v) is 2.08. The molecule has 0 aliphatic heterocycles. The summed E-state index contributed by atoms with van der Waals surface area (Å²) in [6.07, 6.45) is 0. The topological polar surface area (TPSA) is 24.5 Å². The van der Waals surface area contributed by atoms with Crippen LogP contribution in [0.2, 0.25) is 5.02 Å². The number of ether oxygens (including phenoxy) is 1. The van der Waals surface area contributed by atoms with E-state index in [9.17, 15) is 0 Å². The van der Waals surface area contributed by atoms with Crippen molar-refractivity contribution in [3.63, 3.8) is 0 Å². The third-order valence-corrected chi connectivity index (χ3v) is 3.45. The molecule has 0 saturated carbocycles. The van der Waals surface area contributed by atoms with Crippen molar-refractivity contribution in [2.75, 3.05) is 32.6 Å². The Kier molecular flexibility index (Phi) is 5.90. The van der Waals surface area contributed by atoms with Crippen molar-refractivity contribution in [2.24, 2.45) is 0 Å². The lowest BCUT2D eigenvalue weighted by Crippen LogP contribution is -2.19. The van der Waals surface area contributed by atoms with Crippen LogP contribution in [0.4, 0.5) is 5.69 Å². The first-order valence-electron chi connectivity index (χ1n) is 7.00. The quantitative estimate of drug-likeness (QED) is 0.840. The maximum Gasteiger partial charge on any atom is 0.121 e. The van der Waals surface area contributed by atoms with Crippen LogP contribution in [-0.4, -0.2) is 32.1 Å². The fourth-order valence-electron chi connectivity index (χ4n) is 1.88. The lowest BCUT2D eigenvalue weighted by molar-refractivity contribution is 0.261. The second-order valence-electron chi connectivity index (χ2n) is 5.12. The van der Waals surface area contributed by atoms with Gasteiger partial charge in [-0.3, -0.25) is 0 Å². The molecule has 0 heterocycles. The van der Waals surface area contributed by atoms with Crippen molar-refractivity contribution in [3.8, 4) is 5.75 Å². The molecule has 112 valence electrons. The molecular weight excluding hydrogens is 284 g/mol. The number of anilines is 1. The van der Waals surface area contributed by atoms with Crippen molar-refractivity contribution in [1.29, 1.82) is 0 Å². The molecule has 2 aromatic rings. The molecule has 0 aliphatic rings. The summed E-state index contributed by atoms with van der Waals surface area (Å²) in [6.45, 7) is 2.28. The van der Waals surface area contributed by atoms with E-state index in [1.165, 1.54) is 0 Å². The zero-order chi connectivity index (χ0) is 15.1. The van der Waals surface area contributed by atoms with Crippen LogP contribution in [0.25, 0.3) is 0 Å². The van der Waals surface area contributed by atoms with E-state index in [1.54, 1.807) is 0 Å². The maximum atomic E-state index is 6.15. The predicted molar refractivity (Wildman–Crippen MR) is 89.3 cm³/mol. The van der Waals surface area contributed by atoms with E-state index in [-0.39, 0.29) is 0 Å². The molecule has 0 fully saturated rings. The molecule has 2 rings (SSSR count). The maximum absolute atomic E-state index is 6.15. The minimum atomic E-state index is 0.682. The van der Waals surface area contributed by atoms with Crippen LogP contribution in [0, 0.1) is 0 Å². The van der Waals surface area contributed by atoms with Gasteiger partial charge in [0.15, 0.2) is 0 Å². The van der Waals surface area contributed by atoms with Gasteiger partial charge in [0.2, 0.25) is 0 Å². The molecule has 0 amide bonds. The van der Waals surface area contributed by atoms with E-state index in [0.29, 0.717) is 13.2 Å². The van der Waals surface area contributed by atoms with Crippen molar-refractivity contribution in [2.45, 2.75) is 6.54 Å². The lowest BCUT2D eigenvalue weighted by atomic mass is 10.2. The molecule has 0 aromatic heterocycles. The summed E-state index contributed by atoms with van der Waals surface area (Å²) in [5, 5.41) is 4.15. The van der Waals surface area contributed by atoms with Gasteiger partial charge in [-0.05, 0) is 37.9 Å². The number of rotatable bonds is 7. The summed E-state index contributed by atoms with van der Waals surface area (Å²) < 4.78 is 5.73. The lowest BCUT2D eigenvalue weighted by Gasteiger charge is -2.12. The van der Waals surface area contributed by atoms with E-state index < -0.39 is 0 Å². The molecule has 2 aromatic carbocycles. The number of benzene rings is 2. The molecule has 0 bridgehead atoms. The van der Waals surface area contributed by atoms with Crippen LogP contribution in [0.1, 0.15) is 5.56 Å². The molecule has 21 heavy (non-hydrogen) atoms. The van der Waals surface area contributed by atoms with Crippen LogP contribution in [0.5, 0.6) is 5.75 Å². The van der Waals surface area contributed by atoms with Gasteiger partial charge in [0, 0.05) is 29.9 Å². The van der Waals surface area contributed by atoms with Gasteiger partial charge in [-0.2, -0.15) is 0 Å². The van der Waals surface area contributed by atoms with Crippen molar-refractivity contribution in [1.82, 2.24) is 4.90 Å². The number of nitrogens with one attached hydrogen (secondary N) is 1. The van der Waals surface area contributed by atoms with Gasteiger partial charge in [-0.1, -0.05) is 35.9 Å². The summed E-state index contributed by atoms with van der Waals surface area (Å²) in [7, 11) is 4.07. The first kappa shape index (κ1) is 15.7. The molecule has 4 heteroatoms. The highest BCUT2D eigenvalue weighted by atomic mass is 35.5. The third kappa shape index (κ3) is 5.29. The van der Waals surface area contributed by atoms with Gasteiger partial charge >= 0.3 is 0 Å².